The number of aromatic amines is 1. The first-order chi connectivity index (χ1) is 14.0. The van der Waals surface area contributed by atoms with Crippen molar-refractivity contribution in [2.45, 2.75) is 89.8 Å². The van der Waals surface area contributed by atoms with Crippen molar-refractivity contribution in [2.75, 3.05) is 6.61 Å². The largest absolute Gasteiger partial charge is 0.509 e. The Bertz CT molecular complexity index is 896. The highest BCUT2D eigenvalue weighted by molar-refractivity contribution is 6.74. The topological polar surface area (TPSA) is 129 Å². The number of aliphatic hydroxyl groups excluding tert-OH is 1. The molecule has 31 heavy (non-hydrogen) atoms. The van der Waals surface area contributed by atoms with E-state index in [4.69, 9.17) is 18.6 Å². The minimum atomic E-state index is -2.15. The molecule has 1 saturated heterocycles. The Morgan fingerprint density at radius 2 is 1.84 bits per heavy atom. The molecule has 0 aliphatic carbocycles. The average Bonchev–Trinajstić information content (AvgIpc) is 2.86. The van der Waals surface area contributed by atoms with Gasteiger partial charge >= 0.3 is 11.8 Å². The molecule has 0 amide bonds. The van der Waals surface area contributed by atoms with E-state index in [1.54, 1.807) is 20.8 Å². The zero-order chi connectivity index (χ0) is 23.8. The molecular formula is C20H34N2O8Si. The summed E-state index contributed by atoms with van der Waals surface area (Å²) < 4.78 is 23.6. The molecule has 4 atom stereocenters. The molecule has 0 saturated carbocycles. The lowest BCUT2D eigenvalue weighted by Crippen LogP contribution is -2.45. The van der Waals surface area contributed by atoms with Crippen molar-refractivity contribution in [1.82, 2.24) is 9.55 Å². The molecule has 0 bridgehead atoms. The number of aliphatic hydroxyl groups is 1. The molecule has 1 aliphatic rings. The normalized spacial score (nSPS) is 24.8. The van der Waals surface area contributed by atoms with Crippen LogP contribution in [-0.2, 0) is 18.6 Å². The summed E-state index contributed by atoms with van der Waals surface area (Å²) in [4.78, 5) is 38.1. The molecule has 176 valence electrons. The zero-order valence-electron chi connectivity index (χ0n) is 19.4. The second kappa shape index (κ2) is 8.89. The number of nitrogens with one attached hydrogen (secondary N) is 1. The molecular weight excluding hydrogens is 424 g/mol. The third kappa shape index (κ3) is 6.28. The van der Waals surface area contributed by atoms with Gasteiger partial charge in [-0.1, -0.05) is 20.8 Å². The Balaban J connectivity index is 2.29. The summed E-state index contributed by atoms with van der Waals surface area (Å²) in [5, 5.41) is 10.8. The number of nitrogens with zero attached hydrogens (tertiary/aromatic N) is 1. The maximum Gasteiger partial charge on any atom is 0.509 e. The first-order valence-corrected chi connectivity index (χ1v) is 13.1. The van der Waals surface area contributed by atoms with Gasteiger partial charge in [0.05, 0.1) is 6.61 Å². The van der Waals surface area contributed by atoms with Crippen molar-refractivity contribution in [2.24, 2.45) is 0 Å². The van der Waals surface area contributed by atoms with Gasteiger partial charge in [0.15, 0.2) is 20.6 Å². The van der Waals surface area contributed by atoms with Crippen molar-refractivity contribution < 1.29 is 28.5 Å². The summed E-state index contributed by atoms with van der Waals surface area (Å²) in [7, 11) is -2.15. The van der Waals surface area contributed by atoms with Gasteiger partial charge in [0.1, 0.15) is 17.8 Å². The first-order valence-electron chi connectivity index (χ1n) is 10.2. The number of rotatable bonds is 5. The zero-order valence-corrected chi connectivity index (χ0v) is 20.4. The van der Waals surface area contributed by atoms with Crippen LogP contribution in [0.25, 0.3) is 0 Å². The van der Waals surface area contributed by atoms with Gasteiger partial charge < -0.3 is 23.7 Å². The molecule has 1 fully saturated rings. The van der Waals surface area contributed by atoms with Gasteiger partial charge in [0.25, 0.3) is 5.56 Å². The van der Waals surface area contributed by atoms with Gasteiger partial charge in [-0.3, -0.25) is 14.3 Å². The van der Waals surface area contributed by atoms with Crippen molar-refractivity contribution >= 4 is 14.5 Å². The van der Waals surface area contributed by atoms with Crippen LogP contribution >= 0.6 is 0 Å². The van der Waals surface area contributed by atoms with Gasteiger partial charge in [-0.15, -0.1) is 0 Å². The summed E-state index contributed by atoms with van der Waals surface area (Å²) in [6.45, 7) is 15.5. The van der Waals surface area contributed by atoms with Crippen LogP contribution in [0.1, 0.15) is 47.8 Å². The number of H-pyrrole nitrogens is 1. The van der Waals surface area contributed by atoms with Crippen LogP contribution in [-0.4, -0.2) is 59.7 Å². The average molecular weight is 459 g/mol. The van der Waals surface area contributed by atoms with Gasteiger partial charge in [-0.2, -0.15) is 0 Å². The Morgan fingerprint density at radius 3 is 2.35 bits per heavy atom. The SMILES string of the molecule is CC(C)(C)OC(=O)O[C@@H]1[C@H](O)[C@@H](CO[Si](C)(C)C(C)(C)C)O[C@H]1n1ccc(=O)[nH]c1=O. The van der Waals surface area contributed by atoms with Gasteiger partial charge in [0, 0.05) is 12.3 Å². The Morgan fingerprint density at radius 1 is 1.23 bits per heavy atom. The molecule has 2 rings (SSSR count). The lowest BCUT2D eigenvalue weighted by atomic mass is 10.1. The fourth-order valence-electron chi connectivity index (χ4n) is 2.73. The van der Waals surface area contributed by atoms with E-state index in [0.717, 1.165) is 10.6 Å². The second-order valence-electron chi connectivity index (χ2n) is 10.2. The van der Waals surface area contributed by atoms with E-state index in [2.05, 4.69) is 38.8 Å². The first kappa shape index (κ1) is 25.3. The van der Waals surface area contributed by atoms with Crippen LogP contribution in [0.4, 0.5) is 4.79 Å². The third-order valence-corrected chi connectivity index (χ3v) is 9.98. The van der Waals surface area contributed by atoms with Crippen molar-refractivity contribution in [3.05, 3.63) is 33.1 Å². The molecule has 2 heterocycles. The number of carbonyl (C=O) groups is 1. The number of hydrogen-bond acceptors (Lipinski definition) is 8. The van der Waals surface area contributed by atoms with Gasteiger partial charge in [-0.05, 0) is 38.9 Å². The molecule has 11 heteroatoms. The highest BCUT2D eigenvalue weighted by atomic mass is 28.4. The smallest absolute Gasteiger partial charge is 0.429 e. The van der Waals surface area contributed by atoms with Gasteiger partial charge in [0.2, 0.25) is 0 Å². The summed E-state index contributed by atoms with van der Waals surface area (Å²) in [6, 6.07) is 1.14. The fraction of sp³-hybridized carbons (Fsp3) is 0.750. The lowest BCUT2D eigenvalue weighted by molar-refractivity contribution is -0.0798. The summed E-state index contributed by atoms with van der Waals surface area (Å²) in [5.74, 6) is 0. The minimum Gasteiger partial charge on any atom is -0.429 e. The molecule has 0 unspecified atom stereocenters. The number of carbonyl (C=O) groups excluding carboxylic acids is 1. The van der Waals surface area contributed by atoms with Crippen LogP contribution in [0, 0.1) is 0 Å². The van der Waals surface area contributed by atoms with Crippen LogP contribution < -0.4 is 11.2 Å². The number of aromatic nitrogens is 2. The van der Waals surface area contributed by atoms with Crippen LogP contribution in [0.3, 0.4) is 0 Å². The third-order valence-electron chi connectivity index (χ3n) is 5.47. The second-order valence-corrected chi connectivity index (χ2v) is 15.0. The Kier molecular flexibility index (Phi) is 7.26. The molecule has 1 aromatic heterocycles. The van der Waals surface area contributed by atoms with Crippen LogP contribution in [0.2, 0.25) is 18.1 Å². The lowest BCUT2D eigenvalue weighted by Gasteiger charge is -2.37. The minimum absolute atomic E-state index is 0.0560. The molecule has 10 nitrogen and oxygen atoms in total. The Labute approximate surface area is 182 Å². The van der Waals surface area contributed by atoms with E-state index in [9.17, 15) is 19.5 Å². The maximum atomic E-state index is 12.3. The van der Waals surface area contributed by atoms with Crippen LogP contribution in [0.15, 0.2) is 21.9 Å². The predicted octanol–water partition coefficient (Wildman–Crippen LogP) is 2.14. The predicted molar refractivity (Wildman–Crippen MR) is 115 cm³/mol. The fourth-order valence-corrected chi connectivity index (χ4v) is 3.74. The van der Waals surface area contributed by atoms with Crippen molar-refractivity contribution in [3.63, 3.8) is 0 Å². The molecule has 2 N–H and O–H groups in total. The molecule has 1 aromatic rings. The monoisotopic (exact) mass is 458 g/mol. The van der Waals surface area contributed by atoms with E-state index < -0.39 is 55.9 Å². The van der Waals surface area contributed by atoms with Gasteiger partial charge in [-0.25, -0.2) is 9.59 Å². The summed E-state index contributed by atoms with van der Waals surface area (Å²) in [6.07, 6.45) is -4.33. The number of hydrogen-bond donors (Lipinski definition) is 2. The van der Waals surface area contributed by atoms with E-state index in [-0.39, 0.29) is 11.6 Å². The quantitative estimate of drug-likeness (QED) is 0.507. The van der Waals surface area contributed by atoms with E-state index in [1.165, 1.54) is 6.20 Å². The van der Waals surface area contributed by atoms with Crippen LogP contribution in [0.5, 0.6) is 0 Å². The maximum absolute atomic E-state index is 12.3. The summed E-state index contributed by atoms with van der Waals surface area (Å²) >= 11 is 0. The van der Waals surface area contributed by atoms with Crippen molar-refractivity contribution in [3.8, 4) is 0 Å². The highest BCUT2D eigenvalue weighted by Crippen LogP contribution is 2.38. The van der Waals surface area contributed by atoms with E-state index in [0.29, 0.717) is 0 Å². The molecule has 0 aromatic carbocycles. The van der Waals surface area contributed by atoms with E-state index in [1.807, 2.05) is 0 Å². The van der Waals surface area contributed by atoms with Crippen molar-refractivity contribution in [1.29, 1.82) is 0 Å². The number of ether oxygens (including phenoxy) is 3. The Hall–Kier alpha value is -1.95. The van der Waals surface area contributed by atoms with E-state index >= 15 is 0 Å². The molecule has 0 spiro atoms. The molecule has 0 radical (unpaired) electrons. The standard InChI is InChI=1S/C20H34N2O8Si/c1-19(2,3)30-18(26)29-15-14(24)12(11-27-31(7,8)20(4,5)6)28-16(15)22-10-9-13(23)21-17(22)25/h9-10,12,14-16,24H,11H2,1-8H3,(H,21,23,25)/t12-,14-,15-,16-/m1/s1. The highest BCUT2D eigenvalue weighted by Gasteiger charge is 2.49. The summed E-state index contributed by atoms with van der Waals surface area (Å²) in [5.41, 5.74) is -2.15. The molecule has 1 aliphatic heterocycles.